The molecule has 1 aromatic carbocycles. The Kier molecular flexibility index (Phi) is 5.18. The van der Waals surface area contributed by atoms with Gasteiger partial charge in [0.15, 0.2) is 11.1 Å². The van der Waals surface area contributed by atoms with E-state index >= 15 is 0 Å². The Morgan fingerprint density at radius 3 is 2.53 bits per heavy atom. The van der Waals surface area contributed by atoms with Gasteiger partial charge in [-0.1, -0.05) is 11.6 Å². The molecule has 3 N–H and O–H groups in total. The van der Waals surface area contributed by atoms with Gasteiger partial charge in [-0.15, -0.1) is 0 Å². The first kappa shape index (κ1) is 20.3. The second-order valence-corrected chi connectivity index (χ2v) is 9.00. The molecule has 0 aliphatic rings. The molecule has 0 aliphatic carbocycles. The standard InChI is InChI=1S/C18H12BrClN6O3S/c19-13-7-12(8-22-16(13)20)30(28,29)25-10-1-3-11(4-2-10)26-6-5-14(27)15-17(21)23-9-24-18(15)26/h1-9,25H,(H2,21,23,24). The number of halogens is 2. The zero-order valence-corrected chi connectivity index (χ0v) is 18.1. The summed E-state index contributed by atoms with van der Waals surface area (Å²) in [5.41, 5.74) is 6.86. The zero-order valence-electron chi connectivity index (χ0n) is 15.0. The number of nitrogens with one attached hydrogen (secondary N) is 1. The molecule has 152 valence electrons. The number of anilines is 2. The summed E-state index contributed by atoms with van der Waals surface area (Å²) in [5, 5.41) is 0.377. The summed E-state index contributed by atoms with van der Waals surface area (Å²) >= 11 is 8.97. The number of nitrogens with two attached hydrogens (primary N) is 1. The highest BCUT2D eigenvalue weighted by Crippen LogP contribution is 2.25. The molecule has 0 unspecified atom stereocenters. The summed E-state index contributed by atoms with van der Waals surface area (Å²) in [4.78, 5) is 23.9. The number of fused-ring (bicyclic) bond motifs is 1. The largest absolute Gasteiger partial charge is 0.383 e. The van der Waals surface area contributed by atoms with Crippen molar-refractivity contribution in [2.24, 2.45) is 0 Å². The predicted octanol–water partition coefficient (Wildman–Crippen LogP) is 2.97. The molecule has 30 heavy (non-hydrogen) atoms. The first-order chi connectivity index (χ1) is 14.3. The van der Waals surface area contributed by atoms with E-state index in [0.717, 1.165) is 0 Å². The summed E-state index contributed by atoms with van der Waals surface area (Å²) < 4.78 is 29.7. The van der Waals surface area contributed by atoms with Crippen LogP contribution in [0.15, 0.2) is 69.3 Å². The van der Waals surface area contributed by atoms with Gasteiger partial charge in [0.1, 0.15) is 27.6 Å². The van der Waals surface area contributed by atoms with Gasteiger partial charge in [-0.25, -0.2) is 23.4 Å². The third-order valence-corrected chi connectivity index (χ3v) is 6.67. The maximum atomic E-state index is 12.6. The number of aromatic nitrogens is 4. The molecular weight excluding hydrogens is 496 g/mol. The highest BCUT2D eigenvalue weighted by Gasteiger charge is 2.17. The number of pyridine rings is 2. The van der Waals surface area contributed by atoms with Crippen molar-refractivity contribution in [1.29, 1.82) is 0 Å². The van der Waals surface area contributed by atoms with Gasteiger partial charge in [0.25, 0.3) is 10.0 Å². The highest BCUT2D eigenvalue weighted by atomic mass is 79.9. The van der Waals surface area contributed by atoms with Gasteiger partial charge in [-0.2, -0.15) is 0 Å². The van der Waals surface area contributed by atoms with Gasteiger partial charge in [-0.3, -0.25) is 9.52 Å². The molecule has 0 fully saturated rings. The SMILES string of the molecule is Nc1ncnc2c1c(=O)ccn2-c1ccc(NS(=O)(=O)c2cnc(Cl)c(Br)c2)cc1. The average Bonchev–Trinajstić information content (AvgIpc) is 2.71. The molecule has 12 heteroatoms. The minimum atomic E-state index is -3.86. The van der Waals surface area contributed by atoms with Crippen LogP contribution in [0.3, 0.4) is 0 Å². The molecule has 9 nitrogen and oxygen atoms in total. The lowest BCUT2D eigenvalue weighted by molar-refractivity contribution is 0.600. The van der Waals surface area contributed by atoms with Crippen molar-refractivity contribution in [3.05, 3.63) is 75.0 Å². The lowest BCUT2D eigenvalue weighted by atomic mass is 10.2. The van der Waals surface area contributed by atoms with Crippen molar-refractivity contribution in [3.8, 4) is 5.69 Å². The summed E-state index contributed by atoms with van der Waals surface area (Å²) in [5.74, 6) is 0.0893. The van der Waals surface area contributed by atoms with Gasteiger partial charge in [0.05, 0.1) is 4.47 Å². The molecule has 4 rings (SSSR count). The van der Waals surface area contributed by atoms with Gasteiger partial charge in [0, 0.05) is 29.8 Å². The molecule has 0 spiro atoms. The molecule has 3 aromatic heterocycles. The fraction of sp³-hybridized carbons (Fsp3) is 0. The Morgan fingerprint density at radius 1 is 1.10 bits per heavy atom. The Hall–Kier alpha value is -3.02. The normalized spacial score (nSPS) is 11.5. The monoisotopic (exact) mass is 506 g/mol. The molecule has 0 saturated heterocycles. The lowest BCUT2D eigenvalue weighted by Crippen LogP contribution is -2.14. The van der Waals surface area contributed by atoms with Crippen molar-refractivity contribution in [2.45, 2.75) is 4.90 Å². The van der Waals surface area contributed by atoms with Crippen LogP contribution in [0.2, 0.25) is 5.15 Å². The summed E-state index contributed by atoms with van der Waals surface area (Å²) in [7, 11) is -3.86. The smallest absolute Gasteiger partial charge is 0.263 e. The Morgan fingerprint density at radius 2 is 1.83 bits per heavy atom. The van der Waals surface area contributed by atoms with E-state index in [1.54, 1.807) is 35.0 Å². The second-order valence-electron chi connectivity index (χ2n) is 6.10. The summed E-state index contributed by atoms with van der Waals surface area (Å²) in [6, 6.07) is 9.25. The predicted molar refractivity (Wildman–Crippen MR) is 117 cm³/mol. The van der Waals surface area contributed by atoms with Crippen LogP contribution in [-0.2, 0) is 10.0 Å². The number of rotatable bonds is 4. The molecule has 0 radical (unpaired) electrons. The van der Waals surface area contributed by atoms with E-state index in [-0.39, 0.29) is 26.7 Å². The third-order valence-electron chi connectivity index (χ3n) is 4.19. The van der Waals surface area contributed by atoms with Crippen LogP contribution < -0.4 is 15.9 Å². The minimum absolute atomic E-state index is 0.0403. The van der Waals surface area contributed by atoms with Crippen LogP contribution in [0.25, 0.3) is 16.7 Å². The van der Waals surface area contributed by atoms with Gasteiger partial charge < -0.3 is 10.3 Å². The molecule has 0 atom stereocenters. The fourth-order valence-electron chi connectivity index (χ4n) is 2.77. The molecule has 4 aromatic rings. The minimum Gasteiger partial charge on any atom is -0.383 e. The molecule has 0 bridgehead atoms. The summed E-state index contributed by atoms with van der Waals surface area (Å²) in [6.45, 7) is 0. The maximum absolute atomic E-state index is 12.6. The Labute approximate surface area is 183 Å². The van der Waals surface area contributed by atoms with E-state index in [1.807, 2.05) is 0 Å². The third kappa shape index (κ3) is 3.74. The summed E-state index contributed by atoms with van der Waals surface area (Å²) in [6.07, 6.45) is 4.00. The van der Waals surface area contributed by atoms with E-state index in [1.165, 1.54) is 24.7 Å². The number of sulfonamides is 1. The van der Waals surface area contributed by atoms with Gasteiger partial charge in [0.2, 0.25) is 0 Å². The number of benzene rings is 1. The molecular formula is C18H12BrClN6O3S. The quantitative estimate of drug-likeness (QED) is 0.406. The second kappa shape index (κ2) is 7.67. The van der Waals surface area contributed by atoms with Crippen molar-refractivity contribution in [3.63, 3.8) is 0 Å². The number of hydrogen-bond donors (Lipinski definition) is 2. The first-order valence-corrected chi connectivity index (χ1v) is 11.0. The Balaban J connectivity index is 1.68. The van der Waals surface area contributed by atoms with E-state index in [9.17, 15) is 13.2 Å². The van der Waals surface area contributed by atoms with Crippen molar-refractivity contribution < 1.29 is 8.42 Å². The topological polar surface area (TPSA) is 133 Å². The van der Waals surface area contributed by atoms with Crippen LogP contribution in [0.1, 0.15) is 0 Å². The van der Waals surface area contributed by atoms with Crippen LogP contribution in [0.5, 0.6) is 0 Å². The first-order valence-electron chi connectivity index (χ1n) is 8.32. The van der Waals surface area contributed by atoms with Crippen molar-refractivity contribution in [2.75, 3.05) is 10.5 Å². The highest BCUT2D eigenvalue weighted by molar-refractivity contribution is 9.10. The average molecular weight is 508 g/mol. The van der Waals surface area contributed by atoms with E-state index in [4.69, 9.17) is 17.3 Å². The molecule has 0 amide bonds. The van der Waals surface area contributed by atoms with Crippen molar-refractivity contribution in [1.82, 2.24) is 19.5 Å². The van der Waals surface area contributed by atoms with Crippen molar-refractivity contribution >= 4 is 60.1 Å². The van der Waals surface area contributed by atoms with Crippen LogP contribution in [0.4, 0.5) is 11.5 Å². The van der Waals surface area contributed by atoms with Crippen LogP contribution in [-0.4, -0.2) is 27.9 Å². The number of hydrogen-bond acceptors (Lipinski definition) is 7. The maximum Gasteiger partial charge on any atom is 0.263 e. The van der Waals surface area contributed by atoms with E-state index in [0.29, 0.717) is 21.5 Å². The van der Waals surface area contributed by atoms with Gasteiger partial charge >= 0.3 is 0 Å². The van der Waals surface area contributed by atoms with Crippen LogP contribution in [0, 0.1) is 0 Å². The number of nitrogens with zero attached hydrogens (tertiary/aromatic N) is 4. The van der Waals surface area contributed by atoms with Gasteiger partial charge in [-0.05, 0) is 46.3 Å². The fourth-order valence-corrected chi connectivity index (χ4v) is 4.40. The van der Waals surface area contributed by atoms with Crippen LogP contribution >= 0.6 is 27.5 Å². The molecule has 0 aliphatic heterocycles. The lowest BCUT2D eigenvalue weighted by Gasteiger charge is -2.12. The number of nitrogen functional groups attached to an aromatic ring is 1. The Bertz CT molecular complexity index is 1440. The zero-order chi connectivity index (χ0) is 21.5. The molecule has 0 saturated carbocycles. The molecule has 3 heterocycles. The van der Waals surface area contributed by atoms with E-state index in [2.05, 4.69) is 35.6 Å². The van der Waals surface area contributed by atoms with E-state index < -0.39 is 10.0 Å².